The van der Waals surface area contributed by atoms with Crippen molar-refractivity contribution in [1.29, 1.82) is 0 Å². The van der Waals surface area contributed by atoms with Gasteiger partial charge in [-0.3, -0.25) is 0 Å². The summed E-state index contributed by atoms with van der Waals surface area (Å²) in [4.78, 5) is 0. The average Bonchev–Trinajstić information content (AvgIpc) is 2.50. The van der Waals surface area contributed by atoms with Crippen LogP contribution in [0, 0.1) is 0 Å². The van der Waals surface area contributed by atoms with E-state index in [4.69, 9.17) is 5.73 Å². The second-order valence-corrected chi connectivity index (χ2v) is 2.80. The highest BCUT2D eigenvalue weighted by molar-refractivity contribution is 5.61. The normalized spacial score (nSPS) is 13.5. The Labute approximate surface area is 66.5 Å². The number of allylic oxidation sites excluding steroid dienone is 1. The van der Waals surface area contributed by atoms with E-state index in [0.717, 1.165) is 6.42 Å². The highest BCUT2D eigenvalue weighted by atomic mass is 14.5. The SMILES string of the molecule is NCc1cccc2c1CC=C2. The molecule has 11 heavy (non-hydrogen) atoms. The van der Waals surface area contributed by atoms with Gasteiger partial charge in [-0.25, -0.2) is 0 Å². The Bertz CT molecular complexity index is 300. The van der Waals surface area contributed by atoms with Crippen LogP contribution >= 0.6 is 0 Å². The van der Waals surface area contributed by atoms with E-state index < -0.39 is 0 Å². The van der Waals surface area contributed by atoms with E-state index in [1.165, 1.54) is 16.7 Å². The molecule has 2 rings (SSSR count). The molecule has 2 N–H and O–H groups in total. The Kier molecular flexibility index (Phi) is 1.51. The summed E-state index contributed by atoms with van der Waals surface area (Å²) in [5.74, 6) is 0. The first-order valence-corrected chi connectivity index (χ1v) is 3.89. The van der Waals surface area contributed by atoms with E-state index in [1.54, 1.807) is 0 Å². The van der Waals surface area contributed by atoms with Crippen molar-refractivity contribution in [2.45, 2.75) is 13.0 Å². The molecule has 1 aliphatic carbocycles. The zero-order valence-corrected chi connectivity index (χ0v) is 6.38. The molecule has 0 spiro atoms. The van der Waals surface area contributed by atoms with Gasteiger partial charge in [0.1, 0.15) is 0 Å². The van der Waals surface area contributed by atoms with Crippen molar-refractivity contribution in [3.05, 3.63) is 41.0 Å². The van der Waals surface area contributed by atoms with Gasteiger partial charge in [-0.1, -0.05) is 30.4 Å². The van der Waals surface area contributed by atoms with Crippen molar-refractivity contribution < 1.29 is 0 Å². The van der Waals surface area contributed by atoms with Gasteiger partial charge in [-0.15, -0.1) is 0 Å². The van der Waals surface area contributed by atoms with Gasteiger partial charge < -0.3 is 5.73 Å². The van der Waals surface area contributed by atoms with Gasteiger partial charge in [-0.05, 0) is 23.1 Å². The molecule has 0 saturated carbocycles. The molecule has 0 bridgehead atoms. The third-order valence-corrected chi connectivity index (χ3v) is 2.15. The van der Waals surface area contributed by atoms with Crippen molar-refractivity contribution >= 4 is 6.08 Å². The molecule has 1 nitrogen and oxygen atoms in total. The number of nitrogens with two attached hydrogens (primary N) is 1. The van der Waals surface area contributed by atoms with E-state index in [0.29, 0.717) is 6.54 Å². The summed E-state index contributed by atoms with van der Waals surface area (Å²) in [5, 5.41) is 0. The minimum atomic E-state index is 0.658. The lowest BCUT2D eigenvalue weighted by Gasteiger charge is -2.04. The molecule has 1 aromatic carbocycles. The maximum Gasteiger partial charge on any atom is 0.0181 e. The molecule has 1 aromatic rings. The van der Waals surface area contributed by atoms with Gasteiger partial charge in [-0.2, -0.15) is 0 Å². The van der Waals surface area contributed by atoms with E-state index >= 15 is 0 Å². The Morgan fingerprint density at radius 3 is 3.09 bits per heavy atom. The smallest absolute Gasteiger partial charge is 0.0181 e. The van der Waals surface area contributed by atoms with Crippen LogP contribution in [0.25, 0.3) is 6.08 Å². The van der Waals surface area contributed by atoms with Gasteiger partial charge >= 0.3 is 0 Å². The average molecular weight is 145 g/mol. The molecule has 0 amide bonds. The van der Waals surface area contributed by atoms with E-state index in [-0.39, 0.29) is 0 Å². The Hall–Kier alpha value is -1.08. The second kappa shape index (κ2) is 2.51. The number of hydrogen-bond acceptors (Lipinski definition) is 1. The monoisotopic (exact) mass is 145 g/mol. The minimum absolute atomic E-state index is 0.658. The fraction of sp³-hybridized carbons (Fsp3) is 0.200. The third-order valence-electron chi connectivity index (χ3n) is 2.15. The molecule has 0 aromatic heterocycles. The number of rotatable bonds is 1. The van der Waals surface area contributed by atoms with Crippen LogP contribution < -0.4 is 5.73 Å². The highest BCUT2D eigenvalue weighted by Crippen LogP contribution is 2.22. The van der Waals surface area contributed by atoms with E-state index in [9.17, 15) is 0 Å². The molecule has 0 aliphatic heterocycles. The highest BCUT2D eigenvalue weighted by Gasteiger charge is 2.07. The van der Waals surface area contributed by atoms with Crippen LogP contribution in [0.2, 0.25) is 0 Å². The summed E-state index contributed by atoms with van der Waals surface area (Å²) in [6, 6.07) is 6.31. The lowest BCUT2D eigenvalue weighted by atomic mass is 10.0. The van der Waals surface area contributed by atoms with Gasteiger partial charge in [0.05, 0.1) is 0 Å². The predicted octanol–water partition coefficient (Wildman–Crippen LogP) is 1.71. The lowest BCUT2D eigenvalue weighted by Crippen LogP contribution is -2.00. The number of hydrogen-bond donors (Lipinski definition) is 1. The topological polar surface area (TPSA) is 26.0 Å². The zero-order chi connectivity index (χ0) is 7.68. The standard InChI is InChI=1S/C10H11N/c11-7-9-5-1-3-8-4-2-6-10(8)9/h1-5H,6-7,11H2. The molecular formula is C10H11N. The van der Waals surface area contributed by atoms with Gasteiger partial charge in [0.25, 0.3) is 0 Å². The van der Waals surface area contributed by atoms with Crippen molar-refractivity contribution in [2.24, 2.45) is 5.73 Å². The minimum Gasteiger partial charge on any atom is -0.326 e. The maximum atomic E-state index is 5.60. The van der Waals surface area contributed by atoms with Crippen LogP contribution in [0.15, 0.2) is 24.3 Å². The molecule has 0 heterocycles. The predicted molar refractivity (Wildman–Crippen MR) is 47.1 cm³/mol. The lowest BCUT2D eigenvalue weighted by molar-refractivity contribution is 1.03. The summed E-state index contributed by atoms with van der Waals surface area (Å²) < 4.78 is 0. The van der Waals surface area contributed by atoms with E-state index in [2.05, 4.69) is 30.4 Å². The summed E-state index contributed by atoms with van der Waals surface area (Å²) in [5.41, 5.74) is 9.63. The first-order valence-electron chi connectivity index (χ1n) is 3.89. The molecule has 1 aliphatic rings. The summed E-state index contributed by atoms with van der Waals surface area (Å²) in [6.07, 6.45) is 5.40. The number of fused-ring (bicyclic) bond motifs is 1. The molecule has 0 radical (unpaired) electrons. The zero-order valence-electron chi connectivity index (χ0n) is 6.38. The summed E-state index contributed by atoms with van der Waals surface area (Å²) in [7, 11) is 0. The van der Waals surface area contributed by atoms with Crippen molar-refractivity contribution in [2.75, 3.05) is 0 Å². The van der Waals surface area contributed by atoms with Gasteiger partial charge in [0, 0.05) is 6.54 Å². The Balaban J connectivity index is 2.55. The fourth-order valence-electron chi connectivity index (χ4n) is 1.55. The first kappa shape index (κ1) is 6.62. The molecule has 0 saturated heterocycles. The molecule has 56 valence electrons. The molecule has 0 unspecified atom stereocenters. The fourth-order valence-corrected chi connectivity index (χ4v) is 1.55. The molecule has 0 atom stereocenters. The van der Waals surface area contributed by atoms with Crippen molar-refractivity contribution in [3.63, 3.8) is 0 Å². The van der Waals surface area contributed by atoms with Crippen molar-refractivity contribution in [3.8, 4) is 0 Å². The van der Waals surface area contributed by atoms with Crippen LogP contribution in [-0.4, -0.2) is 0 Å². The van der Waals surface area contributed by atoms with Crippen LogP contribution in [0.1, 0.15) is 16.7 Å². The molecule has 1 heteroatoms. The van der Waals surface area contributed by atoms with Gasteiger partial charge in [0.2, 0.25) is 0 Å². The van der Waals surface area contributed by atoms with Gasteiger partial charge in [0.15, 0.2) is 0 Å². The van der Waals surface area contributed by atoms with Crippen molar-refractivity contribution in [1.82, 2.24) is 0 Å². The van der Waals surface area contributed by atoms with Crippen LogP contribution in [0.4, 0.5) is 0 Å². The third kappa shape index (κ3) is 0.976. The Morgan fingerprint density at radius 1 is 1.36 bits per heavy atom. The second-order valence-electron chi connectivity index (χ2n) is 2.80. The quantitative estimate of drug-likeness (QED) is 0.639. The van der Waals surface area contributed by atoms with Crippen LogP contribution in [-0.2, 0) is 13.0 Å². The van der Waals surface area contributed by atoms with E-state index in [1.807, 2.05) is 0 Å². The Morgan fingerprint density at radius 2 is 2.27 bits per heavy atom. The molecule has 0 fully saturated rings. The summed E-state index contributed by atoms with van der Waals surface area (Å²) in [6.45, 7) is 0.658. The maximum absolute atomic E-state index is 5.60. The first-order chi connectivity index (χ1) is 5.42. The summed E-state index contributed by atoms with van der Waals surface area (Å²) >= 11 is 0. The molecular weight excluding hydrogens is 134 g/mol. The van der Waals surface area contributed by atoms with Crippen LogP contribution in [0.3, 0.4) is 0 Å². The van der Waals surface area contributed by atoms with Crippen LogP contribution in [0.5, 0.6) is 0 Å². The number of benzene rings is 1. The largest absolute Gasteiger partial charge is 0.326 e.